The molecule has 1 rings (SSSR count). The predicted octanol–water partition coefficient (Wildman–Crippen LogP) is 4.26. The summed E-state index contributed by atoms with van der Waals surface area (Å²) in [4.78, 5) is 4.52. The number of aryl methyl sites for hydroxylation is 1. The maximum absolute atomic E-state index is 4.52. The first kappa shape index (κ1) is 15.2. The van der Waals surface area contributed by atoms with Crippen LogP contribution in [0, 0.1) is 12.8 Å². The van der Waals surface area contributed by atoms with Crippen LogP contribution < -0.4 is 5.32 Å². The summed E-state index contributed by atoms with van der Waals surface area (Å²) in [6.07, 6.45) is 8.37. The molecule has 0 saturated carbocycles. The van der Waals surface area contributed by atoms with Crippen molar-refractivity contribution in [3.8, 4) is 0 Å². The highest BCUT2D eigenvalue weighted by Crippen LogP contribution is 2.25. The minimum absolute atomic E-state index is 0.395. The van der Waals surface area contributed by atoms with Gasteiger partial charge < -0.3 is 5.32 Å². The first-order valence-electron chi connectivity index (χ1n) is 7.31. The molecule has 0 radical (unpaired) electrons. The second kappa shape index (κ2) is 8.25. The second-order valence-electron chi connectivity index (χ2n) is 5.25. The maximum atomic E-state index is 4.52. The van der Waals surface area contributed by atoms with E-state index in [-0.39, 0.29) is 0 Å². The predicted molar refractivity (Wildman–Crippen MR) is 78.7 cm³/mol. The van der Waals surface area contributed by atoms with Gasteiger partial charge in [-0.2, -0.15) is 0 Å². The van der Waals surface area contributed by atoms with Gasteiger partial charge in [0.2, 0.25) is 0 Å². The third-order valence-electron chi connectivity index (χ3n) is 3.75. The first-order valence-corrected chi connectivity index (χ1v) is 7.31. The van der Waals surface area contributed by atoms with Crippen molar-refractivity contribution in [1.82, 2.24) is 10.3 Å². The van der Waals surface area contributed by atoms with Crippen molar-refractivity contribution in [1.29, 1.82) is 0 Å². The van der Waals surface area contributed by atoms with Crippen LogP contribution in [0.2, 0.25) is 0 Å². The molecule has 0 bridgehead atoms. The monoisotopic (exact) mass is 248 g/mol. The second-order valence-corrected chi connectivity index (χ2v) is 5.25. The summed E-state index contributed by atoms with van der Waals surface area (Å²) < 4.78 is 0. The summed E-state index contributed by atoms with van der Waals surface area (Å²) in [5, 5.41) is 3.42. The van der Waals surface area contributed by atoms with Crippen molar-refractivity contribution in [2.75, 3.05) is 7.05 Å². The van der Waals surface area contributed by atoms with E-state index in [0.717, 1.165) is 5.92 Å². The smallest absolute Gasteiger partial charge is 0.0575 e. The summed E-state index contributed by atoms with van der Waals surface area (Å²) in [5.74, 6) is 0.810. The molecule has 0 aliphatic carbocycles. The van der Waals surface area contributed by atoms with Crippen LogP contribution in [-0.2, 0) is 0 Å². The molecule has 2 heteroatoms. The fraction of sp³-hybridized carbons (Fsp3) is 0.688. The Morgan fingerprint density at radius 1 is 1.33 bits per heavy atom. The summed E-state index contributed by atoms with van der Waals surface area (Å²) >= 11 is 0. The zero-order valence-corrected chi connectivity index (χ0v) is 12.4. The molecule has 2 unspecified atom stereocenters. The van der Waals surface area contributed by atoms with E-state index in [0.29, 0.717) is 6.04 Å². The van der Waals surface area contributed by atoms with Gasteiger partial charge in [0, 0.05) is 12.2 Å². The van der Waals surface area contributed by atoms with Crippen molar-refractivity contribution in [3.05, 3.63) is 29.6 Å². The molecule has 0 aliphatic rings. The van der Waals surface area contributed by atoms with Crippen molar-refractivity contribution in [2.45, 2.75) is 58.9 Å². The summed E-state index contributed by atoms with van der Waals surface area (Å²) in [7, 11) is 2.04. The third kappa shape index (κ3) is 4.77. The molecule has 0 spiro atoms. The zero-order chi connectivity index (χ0) is 13.4. The maximum Gasteiger partial charge on any atom is 0.0575 e. The Morgan fingerprint density at radius 3 is 2.67 bits per heavy atom. The van der Waals surface area contributed by atoms with Gasteiger partial charge in [-0.05, 0) is 44.0 Å². The molecular formula is C16H28N2. The average Bonchev–Trinajstić information content (AvgIpc) is 2.39. The Hall–Kier alpha value is -0.890. The summed E-state index contributed by atoms with van der Waals surface area (Å²) in [5.41, 5.74) is 2.48. The van der Waals surface area contributed by atoms with E-state index in [1.165, 1.54) is 43.4 Å². The Balaban J connectivity index is 2.65. The van der Waals surface area contributed by atoms with Gasteiger partial charge in [-0.3, -0.25) is 4.98 Å². The number of nitrogens with zero attached hydrogens (tertiary/aromatic N) is 1. The van der Waals surface area contributed by atoms with Gasteiger partial charge in [0.05, 0.1) is 5.69 Å². The van der Waals surface area contributed by atoms with Gasteiger partial charge in [0.1, 0.15) is 0 Å². The Labute approximate surface area is 112 Å². The molecule has 0 fully saturated rings. The van der Waals surface area contributed by atoms with Gasteiger partial charge >= 0.3 is 0 Å². The fourth-order valence-electron chi connectivity index (χ4n) is 2.45. The fourth-order valence-corrected chi connectivity index (χ4v) is 2.45. The van der Waals surface area contributed by atoms with E-state index in [9.17, 15) is 0 Å². The topological polar surface area (TPSA) is 24.9 Å². The molecule has 0 saturated heterocycles. The van der Waals surface area contributed by atoms with E-state index < -0.39 is 0 Å². The Bertz CT molecular complexity index is 336. The minimum atomic E-state index is 0.395. The van der Waals surface area contributed by atoms with Crippen LogP contribution in [0.4, 0.5) is 0 Å². The van der Waals surface area contributed by atoms with Crippen LogP contribution in [0.3, 0.4) is 0 Å². The molecular weight excluding hydrogens is 220 g/mol. The lowest BCUT2D eigenvalue weighted by Gasteiger charge is -2.22. The zero-order valence-electron chi connectivity index (χ0n) is 12.4. The van der Waals surface area contributed by atoms with Crippen LogP contribution in [0.25, 0.3) is 0 Å². The lowest BCUT2D eigenvalue weighted by molar-refractivity contribution is 0.361. The number of rotatable bonds is 8. The highest BCUT2D eigenvalue weighted by Gasteiger charge is 2.16. The molecule has 0 aliphatic heterocycles. The highest BCUT2D eigenvalue weighted by molar-refractivity contribution is 5.17. The normalized spacial score (nSPS) is 14.4. The first-order chi connectivity index (χ1) is 8.71. The standard InChI is InChI=1S/C16H28N2/c1-5-7-8-14(6-2)12-15(17-4)16-11-13(3)9-10-18-16/h9-11,14-15,17H,5-8,12H2,1-4H3. The molecule has 0 aromatic carbocycles. The average molecular weight is 248 g/mol. The van der Waals surface area contributed by atoms with E-state index >= 15 is 0 Å². The van der Waals surface area contributed by atoms with Crippen LogP contribution in [-0.4, -0.2) is 12.0 Å². The molecule has 2 atom stereocenters. The molecule has 18 heavy (non-hydrogen) atoms. The lowest BCUT2D eigenvalue weighted by atomic mass is 9.90. The van der Waals surface area contributed by atoms with Crippen LogP contribution in [0.15, 0.2) is 18.3 Å². The molecule has 2 nitrogen and oxygen atoms in total. The van der Waals surface area contributed by atoms with E-state index in [4.69, 9.17) is 0 Å². The number of nitrogens with one attached hydrogen (secondary N) is 1. The van der Waals surface area contributed by atoms with Crippen LogP contribution >= 0.6 is 0 Å². The highest BCUT2D eigenvalue weighted by atomic mass is 14.9. The molecule has 1 N–H and O–H groups in total. The molecule has 1 aromatic heterocycles. The van der Waals surface area contributed by atoms with E-state index in [1.54, 1.807) is 0 Å². The minimum Gasteiger partial charge on any atom is -0.312 e. The van der Waals surface area contributed by atoms with Gasteiger partial charge in [0.25, 0.3) is 0 Å². The molecule has 1 heterocycles. The summed E-state index contributed by atoms with van der Waals surface area (Å²) in [6, 6.07) is 4.66. The molecule has 102 valence electrons. The number of hydrogen-bond donors (Lipinski definition) is 1. The van der Waals surface area contributed by atoms with Gasteiger partial charge in [-0.25, -0.2) is 0 Å². The third-order valence-corrected chi connectivity index (χ3v) is 3.75. The van der Waals surface area contributed by atoms with Crippen molar-refractivity contribution >= 4 is 0 Å². The number of unbranched alkanes of at least 4 members (excludes halogenated alkanes) is 1. The van der Waals surface area contributed by atoms with Crippen LogP contribution in [0.1, 0.15) is 63.3 Å². The van der Waals surface area contributed by atoms with Gasteiger partial charge in [0.15, 0.2) is 0 Å². The Morgan fingerprint density at radius 2 is 2.11 bits per heavy atom. The number of aromatic nitrogens is 1. The van der Waals surface area contributed by atoms with Crippen molar-refractivity contribution in [3.63, 3.8) is 0 Å². The quantitative estimate of drug-likeness (QED) is 0.743. The number of pyridine rings is 1. The molecule has 1 aromatic rings. The SMILES string of the molecule is CCCCC(CC)CC(NC)c1cc(C)ccn1. The van der Waals surface area contributed by atoms with E-state index in [2.05, 4.69) is 43.2 Å². The molecule has 0 amide bonds. The van der Waals surface area contributed by atoms with Crippen LogP contribution in [0.5, 0.6) is 0 Å². The van der Waals surface area contributed by atoms with Gasteiger partial charge in [-0.15, -0.1) is 0 Å². The lowest BCUT2D eigenvalue weighted by Crippen LogP contribution is -2.21. The number of hydrogen-bond acceptors (Lipinski definition) is 2. The van der Waals surface area contributed by atoms with Crippen molar-refractivity contribution < 1.29 is 0 Å². The van der Waals surface area contributed by atoms with E-state index in [1.807, 2.05) is 13.2 Å². The van der Waals surface area contributed by atoms with Crippen molar-refractivity contribution in [2.24, 2.45) is 5.92 Å². The summed E-state index contributed by atoms with van der Waals surface area (Å²) in [6.45, 7) is 6.70. The Kier molecular flexibility index (Phi) is 6.96. The largest absolute Gasteiger partial charge is 0.312 e. The van der Waals surface area contributed by atoms with Gasteiger partial charge in [-0.1, -0.05) is 39.5 Å².